The molecule has 1 heteroatoms. The van der Waals surface area contributed by atoms with Gasteiger partial charge in [-0.15, -0.1) is 11.3 Å². The molecule has 10 aromatic carbocycles. The third kappa shape index (κ3) is 5.27. The Balaban J connectivity index is 1.02. The van der Waals surface area contributed by atoms with Crippen LogP contribution >= 0.6 is 11.3 Å². The van der Waals surface area contributed by atoms with Gasteiger partial charge in [-0.05, 0) is 146 Å². The van der Waals surface area contributed by atoms with Crippen LogP contribution in [0.2, 0.25) is 0 Å². The van der Waals surface area contributed by atoms with Crippen molar-refractivity contribution < 1.29 is 0 Å². The monoisotopic (exact) mass is 860 g/mol. The first kappa shape index (κ1) is 39.1. The second-order valence-corrected chi connectivity index (χ2v) is 20.5. The topological polar surface area (TPSA) is 0 Å². The number of rotatable bonds is 5. The Morgan fingerprint density at radius 2 is 1.08 bits per heavy atom. The van der Waals surface area contributed by atoms with E-state index in [1.165, 1.54) is 141 Å². The molecule has 66 heavy (non-hydrogen) atoms. The average molecular weight is 861 g/mol. The molecule has 0 atom stereocenters. The van der Waals surface area contributed by atoms with Crippen molar-refractivity contribution in [1.29, 1.82) is 0 Å². The molecule has 1 heterocycles. The lowest BCUT2D eigenvalue weighted by Gasteiger charge is -2.26. The zero-order valence-electron chi connectivity index (χ0n) is 38.0. The summed E-state index contributed by atoms with van der Waals surface area (Å²) in [4.78, 5) is 0. The normalized spacial score (nSPS) is 14.9. The van der Waals surface area contributed by atoms with Gasteiger partial charge in [-0.1, -0.05) is 204 Å². The molecule has 0 amide bonds. The molecule has 2 aliphatic carbocycles. The van der Waals surface area contributed by atoms with Gasteiger partial charge in [0.2, 0.25) is 0 Å². The number of fused-ring (bicyclic) bond motifs is 13. The van der Waals surface area contributed by atoms with Crippen molar-refractivity contribution in [2.75, 3.05) is 0 Å². The Labute approximate surface area is 390 Å². The zero-order chi connectivity index (χ0) is 44.6. The molecule has 0 nitrogen and oxygen atoms in total. The predicted octanol–water partition coefficient (Wildman–Crippen LogP) is 18.8. The molecular formula is C65H48S. The van der Waals surface area contributed by atoms with Crippen molar-refractivity contribution in [1.82, 2.24) is 0 Å². The van der Waals surface area contributed by atoms with E-state index in [1.54, 1.807) is 0 Å². The van der Waals surface area contributed by atoms with Gasteiger partial charge >= 0.3 is 0 Å². The van der Waals surface area contributed by atoms with Gasteiger partial charge in [0, 0.05) is 31.0 Å². The van der Waals surface area contributed by atoms with Crippen molar-refractivity contribution in [3.05, 3.63) is 222 Å². The van der Waals surface area contributed by atoms with Crippen LogP contribution in [-0.4, -0.2) is 0 Å². The molecular weight excluding hydrogens is 813 g/mol. The Bertz CT molecular complexity index is 3950. The molecule has 0 spiro atoms. The summed E-state index contributed by atoms with van der Waals surface area (Å²) >= 11 is 1.94. The van der Waals surface area contributed by atoms with Gasteiger partial charge in [0.25, 0.3) is 0 Å². The fourth-order valence-corrected chi connectivity index (χ4v) is 13.7. The quantitative estimate of drug-likeness (QED) is 0.151. The summed E-state index contributed by atoms with van der Waals surface area (Å²) in [5.41, 5.74) is 18.0. The molecule has 0 bridgehead atoms. The van der Waals surface area contributed by atoms with E-state index in [0.29, 0.717) is 0 Å². The summed E-state index contributed by atoms with van der Waals surface area (Å²) in [5.74, 6) is 0. The first-order valence-electron chi connectivity index (χ1n) is 23.3. The van der Waals surface area contributed by atoms with E-state index in [2.05, 4.69) is 229 Å². The maximum absolute atomic E-state index is 4.42. The maximum Gasteiger partial charge on any atom is 0.0434 e. The van der Waals surface area contributed by atoms with Gasteiger partial charge < -0.3 is 0 Å². The lowest BCUT2D eigenvalue weighted by atomic mass is 9.76. The number of thiophene rings is 1. The highest BCUT2D eigenvalue weighted by Crippen LogP contribution is 2.58. The Kier molecular flexibility index (Phi) is 8.34. The van der Waals surface area contributed by atoms with Crippen molar-refractivity contribution >= 4 is 80.2 Å². The molecule has 11 aromatic rings. The first-order chi connectivity index (χ1) is 32.2. The van der Waals surface area contributed by atoms with E-state index in [9.17, 15) is 0 Å². The minimum absolute atomic E-state index is 0.192. The summed E-state index contributed by atoms with van der Waals surface area (Å²) in [5, 5.41) is 13.0. The van der Waals surface area contributed by atoms with E-state index in [0.717, 1.165) is 0 Å². The van der Waals surface area contributed by atoms with E-state index in [-0.39, 0.29) is 10.8 Å². The first-order valence-corrected chi connectivity index (χ1v) is 24.1. The molecule has 0 saturated heterocycles. The largest absolute Gasteiger partial charge is 0.134 e. The van der Waals surface area contributed by atoms with Gasteiger partial charge in [0.1, 0.15) is 0 Å². The lowest BCUT2D eigenvalue weighted by Crippen LogP contribution is -2.17. The minimum Gasteiger partial charge on any atom is -0.134 e. The highest BCUT2D eigenvalue weighted by molar-refractivity contribution is 7.26. The molecule has 13 rings (SSSR count). The van der Waals surface area contributed by atoms with Crippen LogP contribution in [0.3, 0.4) is 0 Å². The van der Waals surface area contributed by atoms with Crippen LogP contribution in [-0.2, 0) is 10.8 Å². The molecule has 314 valence electrons. The Hall–Kier alpha value is -7.32. The molecule has 1 aromatic heterocycles. The smallest absolute Gasteiger partial charge is 0.0434 e. The van der Waals surface area contributed by atoms with Crippen molar-refractivity contribution in [3.8, 4) is 44.5 Å². The predicted molar refractivity (Wildman–Crippen MR) is 288 cm³/mol. The Morgan fingerprint density at radius 3 is 1.77 bits per heavy atom. The van der Waals surface area contributed by atoms with Crippen LogP contribution in [0.15, 0.2) is 200 Å². The van der Waals surface area contributed by atoms with Crippen LogP contribution in [0.25, 0.3) is 113 Å². The number of hydrogen-bond acceptors (Lipinski definition) is 1. The Morgan fingerprint density at radius 1 is 0.455 bits per heavy atom. The van der Waals surface area contributed by atoms with E-state index in [1.807, 2.05) is 11.3 Å². The van der Waals surface area contributed by atoms with Crippen molar-refractivity contribution in [3.63, 3.8) is 0 Å². The summed E-state index contributed by atoms with van der Waals surface area (Å²) in [6, 6.07) is 64.3. The van der Waals surface area contributed by atoms with Gasteiger partial charge in [-0.25, -0.2) is 0 Å². The summed E-state index contributed by atoms with van der Waals surface area (Å²) in [7, 11) is 0. The van der Waals surface area contributed by atoms with E-state index in [4.69, 9.17) is 0 Å². The van der Waals surface area contributed by atoms with Gasteiger partial charge in [0.05, 0.1) is 0 Å². The average Bonchev–Trinajstić information content (AvgIpc) is 3.91. The van der Waals surface area contributed by atoms with Crippen LogP contribution in [0.1, 0.15) is 56.9 Å². The molecule has 0 unspecified atom stereocenters. The number of allylic oxidation sites excluding steroid dienone is 5. The number of benzene rings is 10. The van der Waals surface area contributed by atoms with E-state index >= 15 is 0 Å². The standard InChI is InChI=1S/C65H48S/c1-7-18-50-54(8-2)65(5,6)62-52(37-57-60(61(50)62)51-33-29-39-20-10-12-23-43(39)63(51)66-57)40-31-34-55-53(35-40)44-32-30-41(36-56(44)64(55,3)4)58-46-24-13-15-26-48(46)59(49-27-16-14-25-47(49)58)45-28-17-21-38-19-9-11-22-42(38)45/h7-37H,2H2,1,3-6H3/b18-7-. The van der Waals surface area contributed by atoms with Gasteiger partial charge in [-0.2, -0.15) is 0 Å². The van der Waals surface area contributed by atoms with Crippen LogP contribution in [0.4, 0.5) is 0 Å². The second-order valence-electron chi connectivity index (χ2n) is 19.5. The highest BCUT2D eigenvalue weighted by atomic mass is 32.1. The molecule has 0 N–H and O–H groups in total. The molecule has 0 radical (unpaired) electrons. The van der Waals surface area contributed by atoms with E-state index < -0.39 is 0 Å². The summed E-state index contributed by atoms with van der Waals surface area (Å²) in [6.07, 6.45) is 6.62. The molecule has 2 aliphatic rings. The second kappa shape index (κ2) is 14.1. The summed E-state index contributed by atoms with van der Waals surface area (Å²) in [6.45, 7) is 16.2. The van der Waals surface area contributed by atoms with Crippen molar-refractivity contribution in [2.24, 2.45) is 0 Å². The zero-order valence-corrected chi connectivity index (χ0v) is 38.8. The SMILES string of the molecule is C=CC1=C(/C=C\C)c2c(c(-c3ccc4c(c3)-c3ccc(-c5c6ccccc6c(-c6cccc7ccccc67)c6ccccc56)cc3C4(C)C)cc3sc4c5ccccc5ccc4c23)C1(C)C. The van der Waals surface area contributed by atoms with Crippen molar-refractivity contribution in [2.45, 2.75) is 45.4 Å². The van der Waals surface area contributed by atoms with Crippen LogP contribution in [0, 0.1) is 0 Å². The maximum atomic E-state index is 4.42. The highest BCUT2D eigenvalue weighted by Gasteiger charge is 2.41. The molecule has 0 saturated carbocycles. The molecule has 0 aliphatic heterocycles. The van der Waals surface area contributed by atoms with Crippen LogP contribution < -0.4 is 0 Å². The third-order valence-corrected chi connectivity index (χ3v) is 16.5. The number of hydrogen-bond donors (Lipinski definition) is 0. The summed E-state index contributed by atoms with van der Waals surface area (Å²) < 4.78 is 2.69. The fraction of sp³-hybridized carbons (Fsp3) is 0.108. The van der Waals surface area contributed by atoms with Gasteiger partial charge in [0.15, 0.2) is 0 Å². The third-order valence-electron chi connectivity index (χ3n) is 15.3. The fourth-order valence-electron chi connectivity index (χ4n) is 12.4. The van der Waals surface area contributed by atoms with Crippen LogP contribution in [0.5, 0.6) is 0 Å². The minimum atomic E-state index is -0.250. The lowest BCUT2D eigenvalue weighted by molar-refractivity contribution is 0.656. The molecule has 0 fully saturated rings. The van der Waals surface area contributed by atoms with Gasteiger partial charge in [-0.3, -0.25) is 0 Å².